The average Bonchev–Trinajstić information content (AvgIpc) is 3.39. The third kappa shape index (κ3) is 5.01. The van der Waals surface area contributed by atoms with Crippen LogP contribution in [-0.2, 0) is 14.8 Å². The molecule has 0 aromatic heterocycles. The quantitative estimate of drug-likeness (QED) is 0.450. The molecule has 2 aliphatic heterocycles. The molecule has 2 heterocycles. The standard InChI is InChI=1S/C23H27N3O6S/c27-23(24-13-5-2-6-14-24)22(18-9-3-1-4-10-18)32-21-12-11-19(17-20(21)26(28)29)33(30,31)25-15-7-8-16-25/h1,3-4,9-12,17,22H,2,5-8,13-16H2/t22-/m1/s1. The van der Waals surface area contributed by atoms with E-state index in [1.807, 2.05) is 6.07 Å². The maximum atomic E-state index is 13.3. The van der Waals surface area contributed by atoms with Gasteiger partial charge in [-0.05, 0) is 44.2 Å². The molecule has 1 atom stereocenters. The predicted octanol–water partition coefficient (Wildman–Crippen LogP) is 3.51. The first-order valence-electron chi connectivity index (χ1n) is 11.2. The fourth-order valence-electron chi connectivity index (χ4n) is 4.27. The Morgan fingerprint density at radius 1 is 0.939 bits per heavy atom. The van der Waals surface area contributed by atoms with E-state index in [2.05, 4.69) is 0 Å². The van der Waals surface area contributed by atoms with Gasteiger partial charge in [-0.25, -0.2) is 8.42 Å². The van der Waals surface area contributed by atoms with Crippen LogP contribution in [-0.4, -0.2) is 54.6 Å². The number of carbonyl (C=O) groups excluding carboxylic acids is 1. The summed E-state index contributed by atoms with van der Waals surface area (Å²) in [7, 11) is -3.83. The van der Waals surface area contributed by atoms with Crippen LogP contribution in [0.15, 0.2) is 53.4 Å². The maximum absolute atomic E-state index is 13.3. The topological polar surface area (TPSA) is 110 Å². The highest BCUT2D eigenvalue weighted by molar-refractivity contribution is 7.89. The average molecular weight is 474 g/mol. The monoisotopic (exact) mass is 473 g/mol. The van der Waals surface area contributed by atoms with Crippen LogP contribution in [0.1, 0.15) is 43.8 Å². The lowest BCUT2D eigenvalue weighted by molar-refractivity contribution is -0.386. The van der Waals surface area contributed by atoms with Gasteiger partial charge in [-0.3, -0.25) is 14.9 Å². The zero-order valence-electron chi connectivity index (χ0n) is 18.3. The molecule has 2 aromatic carbocycles. The Morgan fingerprint density at radius 3 is 2.21 bits per heavy atom. The fraction of sp³-hybridized carbons (Fsp3) is 0.435. The second-order valence-corrected chi connectivity index (χ2v) is 10.2. The molecular weight excluding hydrogens is 446 g/mol. The van der Waals surface area contributed by atoms with E-state index in [9.17, 15) is 23.3 Å². The van der Waals surface area contributed by atoms with Gasteiger partial charge in [0.1, 0.15) is 0 Å². The number of nitro groups is 1. The van der Waals surface area contributed by atoms with Crippen molar-refractivity contribution >= 4 is 21.6 Å². The Kier molecular flexibility index (Phi) is 6.94. The van der Waals surface area contributed by atoms with Crippen LogP contribution in [0.3, 0.4) is 0 Å². The fourth-order valence-corrected chi connectivity index (χ4v) is 5.81. The van der Waals surface area contributed by atoms with Gasteiger partial charge >= 0.3 is 5.69 Å². The van der Waals surface area contributed by atoms with E-state index in [-0.39, 0.29) is 16.6 Å². The Balaban J connectivity index is 1.68. The molecule has 2 fully saturated rings. The van der Waals surface area contributed by atoms with E-state index in [4.69, 9.17) is 4.74 Å². The number of piperidine rings is 1. The third-order valence-corrected chi connectivity index (χ3v) is 7.96. The molecule has 2 aromatic rings. The summed E-state index contributed by atoms with van der Waals surface area (Å²) in [6, 6.07) is 12.5. The summed E-state index contributed by atoms with van der Waals surface area (Å²) in [6.45, 7) is 2.02. The first-order chi connectivity index (χ1) is 15.9. The number of carbonyl (C=O) groups is 1. The molecule has 0 aliphatic carbocycles. The molecule has 0 bridgehead atoms. The molecule has 33 heavy (non-hydrogen) atoms. The summed E-state index contributed by atoms with van der Waals surface area (Å²) < 4.78 is 33.1. The Morgan fingerprint density at radius 2 is 1.58 bits per heavy atom. The van der Waals surface area contributed by atoms with Crippen LogP contribution in [0, 0.1) is 10.1 Å². The van der Waals surface area contributed by atoms with Crippen LogP contribution >= 0.6 is 0 Å². The largest absolute Gasteiger partial charge is 0.469 e. The number of ether oxygens (including phenoxy) is 1. The van der Waals surface area contributed by atoms with E-state index in [0.717, 1.165) is 38.2 Å². The van der Waals surface area contributed by atoms with Crippen LogP contribution in [0.2, 0.25) is 0 Å². The number of amides is 1. The molecule has 2 saturated heterocycles. The van der Waals surface area contributed by atoms with Crippen LogP contribution in [0.25, 0.3) is 0 Å². The predicted molar refractivity (Wildman–Crippen MR) is 121 cm³/mol. The number of benzene rings is 2. The number of nitro benzene ring substituents is 1. The van der Waals surface area contributed by atoms with E-state index in [1.54, 1.807) is 29.2 Å². The third-order valence-electron chi connectivity index (χ3n) is 6.07. The van der Waals surface area contributed by atoms with Gasteiger partial charge in [0.15, 0.2) is 5.75 Å². The number of rotatable bonds is 7. The number of nitrogens with zero attached hydrogens (tertiary/aromatic N) is 3. The van der Waals surface area contributed by atoms with Crippen LogP contribution < -0.4 is 4.74 Å². The number of hydrogen-bond donors (Lipinski definition) is 0. The first-order valence-corrected chi connectivity index (χ1v) is 12.6. The highest BCUT2D eigenvalue weighted by atomic mass is 32.2. The van der Waals surface area contributed by atoms with E-state index >= 15 is 0 Å². The van der Waals surface area contributed by atoms with Gasteiger partial charge < -0.3 is 9.64 Å². The lowest BCUT2D eigenvalue weighted by Crippen LogP contribution is -2.40. The maximum Gasteiger partial charge on any atom is 0.312 e. The second kappa shape index (κ2) is 9.88. The molecule has 4 rings (SSSR count). The smallest absolute Gasteiger partial charge is 0.312 e. The molecule has 1 amide bonds. The molecule has 0 saturated carbocycles. The van der Waals surface area contributed by atoms with Gasteiger partial charge in [-0.2, -0.15) is 4.31 Å². The van der Waals surface area contributed by atoms with Crippen LogP contribution in [0.4, 0.5) is 5.69 Å². The molecule has 176 valence electrons. The highest BCUT2D eigenvalue weighted by Gasteiger charge is 2.33. The van der Waals surface area contributed by atoms with Gasteiger partial charge in [0.2, 0.25) is 16.1 Å². The normalized spacial score (nSPS) is 18.1. The molecule has 0 unspecified atom stereocenters. The van der Waals surface area contributed by atoms with Crippen molar-refractivity contribution in [1.29, 1.82) is 0 Å². The van der Waals surface area contributed by atoms with Gasteiger partial charge in [0.25, 0.3) is 5.91 Å². The minimum absolute atomic E-state index is 0.139. The summed E-state index contributed by atoms with van der Waals surface area (Å²) in [4.78, 5) is 26.0. The van der Waals surface area contributed by atoms with Crippen molar-refractivity contribution in [3.8, 4) is 5.75 Å². The molecule has 9 nitrogen and oxygen atoms in total. The Hall–Kier alpha value is -2.98. The van der Waals surface area contributed by atoms with Crippen LogP contribution in [0.5, 0.6) is 5.75 Å². The lowest BCUT2D eigenvalue weighted by atomic mass is 10.1. The van der Waals surface area contributed by atoms with Crippen molar-refractivity contribution in [3.63, 3.8) is 0 Å². The van der Waals surface area contributed by atoms with Crippen molar-refractivity contribution in [1.82, 2.24) is 9.21 Å². The van der Waals surface area contributed by atoms with Crippen molar-refractivity contribution in [2.45, 2.75) is 43.1 Å². The second-order valence-electron chi connectivity index (χ2n) is 8.29. The summed E-state index contributed by atoms with van der Waals surface area (Å²) in [5.41, 5.74) is 0.0961. The van der Waals surface area contributed by atoms with Gasteiger partial charge in [-0.1, -0.05) is 30.3 Å². The van der Waals surface area contributed by atoms with Gasteiger partial charge in [-0.15, -0.1) is 0 Å². The number of sulfonamides is 1. The Labute approximate surface area is 193 Å². The molecule has 0 spiro atoms. The highest BCUT2D eigenvalue weighted by Crippen LogP contribution is 2.35. The number of hydrogen-bond acceptors (Lipinski definition) is 6. The SMILES string of the molecule is O=C([C@H](Oc1ccc(S(=O)(=O)N2CCCC2)cc1[N+](=O)[O-])c1ccccc1)N1CCCCC1. The first kappa shape index (κ1) is 23.2. The van der Waals surface area contributed by atoms with Crippen molar-refractivity contribution < 1.29 is 22.9 Å². The Bertz CT molecular complexity index is 1110. The van der Waals surface area contributed by atoms with E-state index in [0.29, 0.717) is 31.7 Å². The van der Waals surface area contributed by atoms with Crippen molar-refractivity contribution in [2.75, 3.05) is 26.2 Å². The van der Waals surface area contributed by atoms with Gasteiger partial charge in [0, 0.05) is 37.8 Å². The molecule has 10 heteroatoms. The number of likely N-dealkylation sites (tertiary alicyclic amines) is 1. The summed E-state index contributed by atoms with van der Waals surface area (Å²) in [5.74, 6) is -0.399. The summed E-state index contributed by atoms with van der Waals surface area (Å²) in [6.07, 6.45) is 3.31. The van der Waals surface area contributed by atoms with Gasteiger partial charge in [0.05, 0.1) is 9.82 Å². The lowest BCUT2D eigenvalue weighted by Gasteiger charge is -2.30. The van der Waals surface area contributed by atoms with E-state index < -0.39 is 26.7 Å². The molecule has 0 N–H and O–H groups in total. The summed E-state index contributed by atoms with van der Waals surface area (Å²) in [5, 5.41) is 11.8. The molecule has 0 radical (unpaired) electrons. The minimum Gasteiger partial charge on any atom is -0.469 e. The summed E-state index contributed by atoms with van der Waals surface area (Å²) >= 11 is 0. The van der Waals surface area contributed by atoms with Crippen molar-refractivity contribution in [2.24, 2.45) is 0 Å². The molecule has 2 aliphatic rings. The minimum atomic E-state index is -3.83. The van der Waals surface area contributed by atoms with E-state index in [1.165, 1.54) is 16.4 Å². The zero-order valence-corrected chi connectivity index (χ0v) is 19.1. The molecular formula is C23H27N3O6S. The van der Waals surface area contributed by atoms with Crippen molar-refractivity contribution in [3.05, 3.63) is 64.2 Å². The zero-order chi connectivity index (χ0) is 23.4.